The summed E-state index contributed by atoms with van der Waals surface area (Å²) in [6.07, 6.45) is 2.60. The molecule has 3 aromatic rings. The summed E-state index contributed by atoms with van der Waals surface area (Å²) in [6.45, 7) is 2.82. The zero-order valence-corrected chi connectivity index (χ0v) is 11.4. The zero-order chi connectivity index (χ0) is 13.2. The van der Waals surface area contributed by atoms with E-state index in [1.807, 2.05) is 30.3 Å². The number of aryl methyl sites for hydroxylation is 1. The minimum Gasteiger partial charge on any atom is -0.323 e. The van der Waals surface area contributed by atoms with Gasteiger partial charge in [0, 0.05) is 18.2 Å². The normalized spacial score (nSPS) is 11.1. The summed E-state index contributed by atoms with van der Waals surface area (Å²) < 4.78 is 2.21. The molecule has 0 saturated carbocycles. The number of para-hydroxylation sites is 2. The van der Waals surface area contributed by atoms with E-state index in [1.165, 1.54) is 0 Å². The molecular formula is C15H14ClN3. The van der Waals surface area contributed by atoms with Crippen LogP contribution in [0.25, 0.3) is 11.0 Å². The van der Waals surface area contributed by atoms with Crippen molar-refractivity contribution in [2.24, 2.45) is 0 Å². The molecule has 3 rings (SSSR count). The fraction of sp³-hybridized carbons (Fsp3) is 0.200. The van der Waals surface area contributed by atoms with Gasteiger partial charge in [-0.2, -0.15) is 0 Å². The van der Waals surface area contributed by atoms with Crippen molar-refractivity contribution in [2.75, 3.05) is 0 Å². The van der Waals surface area contributed by atoms with Crippen LogP contribution >= 0.6 is 11.6 Å². The van der Waals surface area contributed by atoms with Crippen molar-refractivity contribution in [3.05, 3.63) is 59.1 Å². The highest BCUT2D eigenvalue weighted by molar-refractivity contribution is 6.30. The number of nitrogens with zero attached hydrogens (tertiary/aromatic N) is 3. The van der Waals surface area contributed by atoms with Gasteiger partial charge in [-0.3, -0.25) is 0 Å². The maximum atomic E-state index is 6.14. The number of hydrogen-bond donors (Lipinski definition) is 0. The number of benzene rings is 1. The lowest BCUT2D eigenvalue weighted by Crippen LogP contribution is -2.05. The molecule has 0 amide bonds. The Balaban J connectivity index is 2.12. The van der Waals surface area contributed by atoms with Crippen LogP contribution in [-0.4, -0.2) is 14.5 Å². The van der Waals surface area contributed by atoms with E-state index < -0.39 is 0 Å². The van der Waals surface area contributed by atoms with E-state index in [4.69, 9.17) is 11.6 Å². The second-order valence-electron chi connectivity index (χ2n) is 4.41. The van der Waals surface area contributed by atoms with Gasteiger partial charge in [-0.1, -0.05) is 36.7 Å². The van der Waals surface area contributed by atoms with E-state index in [0.29, 0.717) is 11.7 Å². The molecule has 0 atom stereocenters. The van der Waals surface area contributed by atoms with Crippen LogP contribution in [-0.2, 0) is 13.0 Å². The lowest BCUT2D eigenvalue weighted by molar-refractivity contribution is 0.750. The smallest absolute Gasteiger partial charge is 0.133 e. The van der Waals surface area contributed by atoms with E-state index in [-0.39, 0.29) is 0 Å². The summed E-state index contributed by atoms with van der Waals surface area (Å²) in [5.74, 6) is 1.07. The van der Waals surface area contributed by atoms with E-state index in [9.17, 15) is 0 Å². The summed E-state index contributed by atoms with van der Waals surface area (Å²) in [5, 5.41) is 0.558. The van der Waals surface area contributed by atoms with Gasteiger partial charge in [-0.15, -0.1) is 0 Å². The number of hydrogen-bond acceptors (Lipinski definition) is 2. The Morgan fingerprint density at radius 3 is 2.79 bits per heavy atom. The third kappa shape index (κ3) is 2.22. The van der Waals surface area contributed by atoms with Gasteiger partial charge < -0.3 is 4.57 Å². The van der Waals surface area contributed by atoms with Gasteiger partial charge in [0.05, 0.1) is 17.6 Å². The van der Waals surface area contributed by atoms with Crippen LogP contribution in [0.2, 0.25) is 5.15 Å². The van der Waals surface area contributed by atoms with E-state index in [2.05, 4.69) is 27.5 Å². The molecule has 1 aromatic carbocycles. The van der Waals surface area contributed by atoms with Crippen molar-refractivity contribution in [1.29, 1.82) is 0 Å². The Bertz CT molecular complexity index is 718. The fourth-order valence-corrected chi connectivity index (χ4v) is 2.46. The first-order chi connectivity index (χ1) is 9.29. The van der Waals surface area contributed by atoms with Gasteiger partial charge in [0.25, 0.3) is 0 Å². The van der Waals surface area contributed by atoms with E-state index >= 15 is 0 Å². The Kier molecular flexibility index (Phi) is 3.22. The van der Waals surface area contributed by atoms with Crippen LogP contribution in [0.4, 0.5) is 0 Å². The molecule has 0 saturated heterocycles. The van der Waals surface area contributed by atoms with Crippen LogP contribution in [0.5, 0.6) is 0 Å². The summed E-state index contributed by atoms with van der Waals surface area (Å²) in [4.78, 5) is 8.78. The van der Waals surface area contributed by atoms with Gasteiger partial charge in [0.1, 0.15) is 11.0 Å². The predicted octanol–water partition coefficient (Wildman–Crippen LogP) is 3.70. The molecule has 2 aromatic heterocycles. The first kappa shape index (κ1) is 12.2. The maximum Gasteiger partial charge on any atom is 0.133 e. The van der Waals surface area contributed by atoms with Crippen LogP contribution < -0.4 is 0 Å². The topological polar surface area (TPSA) is 30.7 Å². The van der Waals surface area contributed by atoms with Gasteiger partial charge in [-0.05, 0) is 18.2 Å². The third-order valence-corrected chi connectivity index (χ3v) is 3.55. The standard InChI is InChI=1S/C15H14ClN3/c1-2-14-18-12-7-3-4-8-13(12)19(14)10-11-6-5-9-17-15(11)16/h3-9H,2,10H2,1H3. The molecule has 96 valence electrons. The zero-order valence-electron chi connectivity index (χ0n) is 10.7. The summed E-state index contributed by atoms with van der Waals surface area (Å²) in [5.41, 5.74) is 3.18. The number of halogens is 1. The maximum absolute atomic E-state index is 6.14. The van der Waals surface area contributed by atoms with Gasteiger partial charge in [-0.25, -0.2) is 9.97 Å². The second kappa shape index (κ2) is 5.02. The Morgan fingerprint density at radius 1 is 1.16 bits per heavy atom. The molecule has 0 aliphatic carbocycles. The SMILES string of the molecule is CCc1nc2ccccc2n1Cc1cccnc1Cl. The van der Waals surface area contributed by atoms with Crippen molar-refractivity contribution in [1.82, 2.24) is 14.5 Å². The van der Waals surface area contributed by atoms with Gasteiger partial charge >= 0.3 is 0 Å². The van der Waals surface area contributed by atoms with Crippen LogP contribution in [0, 0.1) is 0 Å². The molecule has 0 N–H and O–H groups in total. The Labute approximate surface area is 116 Å². The van der Waals surface area contributed by atoms with Gasteiger partial charge in [0.15, 0.2) is 0 Å². The largest absolute Gasteiger partial charge is 0.323 e. The number of pyridine rings is 1. The molecule has 0 radical (unpaired) electrons. The van der Waals surface area contributed by atoms with Crippen LogP contribution in [0.1, 0.15) is 18.3 Å². The molecule has 0 spiro atoms. The number of rotatable bonds is 3. The minimum atomic E-state index is 0.558. The highest BCUT2D eigenvalue weighted by atomic mass is 35.5. The Hall–Kier alpha value is -1.87. The number of aromatic nitrogens is 3. The van der Waals surface area contributed by atoms with Crippen LogP contribution in [0.3, 0.4) is 0 Å². The fourth-order valence-electron chi connectivity index (χ4n) is 2.28. The average molecular weight is 272 g/mol. The second-order valence-corrected chi connectivity index (χ2v) is 4.77. The lowest BCUT2D eigenvalue weighted by Gasteiger charge is -2.09. The molecule has 0 fully saturated rings. The molecule has 3 nitrogen and oxygen atoms in total. The molecule has 0 bridgehead atoms. The molecule has 0 unspecified atom stereocenters. The molecule has 19 heavy (non-hydrogen) atoms. The molecule has 0 aliphatic heterocycles. The summed E-state index contributed by atoms with van der Waals surface area (Å²) in [6, 6.07) is 12.1. The molecule has 4 heteroatoms. The lowest BCUT2D eigenvalue weighted by atomic mass is 10.2. The molecule has 2 heterocycles. The number of imidazole rings is 1. The summed E-state index contributed by atoms with van der Waals surface area (Å²) in [7, 11) is 0. The highest BCUT2D eigenvalue weighted by Gasteiger charge is 2.10. The Morgan fingerprint density at radius 2 is 2.00 bits per heavy atom. The quantitative estimate of drug-likeness (QED) is 0.680. The third-order valence-electron chi connectivity index (χ3n) is 3.21. The first-order valence-corrected chi connectivity index (χ1v) is 6.71. The van der Waals surface area contributed by atoms with Crippen molar-refractivity contribution in [3.63, 3.8) is 0 Å². The summed E-state index contributed by atoms with van der Waals surface area (Å²) >= 11 is 6.14. The first-order valence-electron chi connectivity index (χ1n) is 6.33. The van der Waals surface area contributed by atoms with Crippen LogP contribution in [0.15, 0.2) is 42.6 Å². The van der Waals surface area contributed by atoms with E-state index in [0.717, 1.165) is 28.8 Å². The molecule has 0 aliphatic rings. The van der Waals surface area contributed by atoms with Crippen molar-refractivity contribution in [3.8, 4) is 0 Å². The average Bonchev–Trinajstić information content (AvgIpc) is 2.79. The predicted molar refractivity (Wildman–Crippen MR) is 77.5 cm³/mol. The van der Waals surface area contributed by atoms with Gasteiger partial charge in [0.2, 0.25) is 0 Å². The van der Waals surface area contributed by atoms with Crippen molar-refractivity contribution in [2.45, 2.75) is 19.9 Å². The molecular weight excluding hydrogens is 258 g/mol. The van der Waals surface area contributed by atoms with Crippen molar-refractivity contribution < 1.29 is 0 Å². The van der Waals surface area contributed by atoms with Crippen molar-refractivity contribution >= 4 is 22.6 Å². The number of fused-ring (bicyclic) bond motifs is 1. The monoisotopic (exact) mass is 271 g/mol. The minimum absolute atomic E-state index is 0.558. The van der Waals surface area contributed by atoms with E-state index in [1.54, 1.807) is 6.20 Å². The highest BCUT2D eigenvalue weighted by Crippen LogP contribution is 2.20.